The Morgan fingerprint density at radius 2 is 2.06 bits per heavy atom. The van der Waals surface area contributed by atoms with Crippen LogP contribution >= 0.6 is 0 Å². The summed E-state index contributed by atoms with van der Waals surface area (Å²) in [6, 6.07) is -0.0754. The SMILES string of the molecule is CC(C)(C)OC(=O)NC1CN(CC(F)F)C1. The van der Waals surface area contributed by atoms with E-state index in [1.165, 1.54) is 0 Å². The van der Waals surface area contributed by atoms with E-state index in [2.05, 4.69) is 5.32 Å². The van der Waals surface area contributed by atoms with Crippen LogP contribution in [0.3, 0.4) is 0 Å². The lowest BCUT2D eigenvalue weighted by Gasteiger charge is -2.39. The smallest absolute Gasteiger partial charge is 0.407 e. The van der Waals surface area contributed by atoms with Crippen LogP contribution in [0.1, 0.15) is 20.8 Å². The summed E-state index contributed by atoms with van der Waals surface area (Å²) in [5, 5.41) is 2.63. The van der Waals surface area contributed by atoms with Gasteiger partial charge in [-0.1, -0.05) is 0 Å². The normalized spacial score (nSPS) is 18.4. The molecule has 1 aliphatic heterocycles. The Hall–Kier alpha value is -0.910. The fourth-order valence-corrected chi connectivity index (χ4v) is 1.48. The first-order valence-corrected chi connectivity index (χ1v) is 5.26. The van der Waals surface area contributed by atoms with Gasteiger partial charge in [0, 0.05) is 13.1 Å². The third-order valence-electron chi connectivity index (χ3n) is 2.07. The molecule has 0 unspecified atom stereocenters. The summed E-state index contributed by atoms with van der Waals surface area (Å²) in [4.78, 5) is 12.9. The van der Waals surface area contributed by atoms with E-state index in [0.717, 1.165) is 0 Å². The van der Waals surface area contributed by atoms with E-state index in [1.807, 2.05) is 0 Å². The second-order valence-electron chi connectivity index (χ2n) is 4.95. The summed E-state index contributed by atoms with van der Waals surface area (Å²) in [7, 11) is 0. The molecule has 6 heteroatoms. The van der Waals surface area contributed by atoms with Gasteiger partial charge < -0.3 is 10.1 Å². The van der Waals surface area contributed by atoms with Crippen molar-refractivity contribution >= 4 is 6.09 Å². The molecule has 0 radical (unpaired) electrons. The van der Waals surface area contributed by atoms with Gasteiger partial charge in [0.2, 0.25) is 0 Å². The van der Waals surface area contributed by atoms with E-state index < -0.39 is 18.1 Å². The molecule has 0 aromatic heterocycles. The topological polar surface area (TPSA) is 41.6 Å². The maximum atomic E-state index is 12.0. The molecule has 1 saturated heterocycles. The summed E-state index contributed by atoms with van der Waals surface area (Å²) in [5.74, 6) is 0. The number of alkyl halides is 2. The Morgan fingerprint density at radius 1 is 1.50 bits per heavy atom. The number of nitrogens with zero attached hydrogens (tertiary/aromatic N) is 1. The fourth-order valence-electron chi connectivity index (χ4n) is 1.48. The number of nitrogens with one attached hydrogen (secondary N) is 1. The minimum absolute atomic E-state index is 0.0754. The average molecular weight is 236 g/mol. The predicted octanol–water partition coefficient (Wildman–Crippen LogP) is 1.46. The molecule has 1 N–H and O–H groups in total. The molecular formula is C10H18F2N2O2. The van der Waals surface area contributed by atoms with Crippen molar-refractivity contribution in [2.45, 2.75) is 38.8 Å². The number of ether oxygens (including phenoxy) is 1. The van der Waals surface area contributed by atoms with E-state index in [0.29, 0.717) is 13.1 Å². The maximum Gasteiger partial charge on any atom is 0.407 e. The number of hydrogen-bond acceptors (Lipinski definition) is 3. The van der Waals surface area contributed by atoms with Gasteiger partial charge in [0.05, 0.1) is 12.6 Å². The first kappa shape index (κ1) is 13.2. The van der Waals surface area contributed by atoms with Gasteiger partial charge in [0.25, 0.3) is 6.43 Å². The van der Waals surface area contributed by atoms with Gasteiger partial charge in [0.15, 0.2) is 0 Å². The molecule has 0 atom stereocenters. The van der Waals surface area contributed by atoms with Crippen LogP contribution in [0.5, 0.6) is 0 Å². The molecule has 0 aliphatic carbocycles. The second-order valence-corrected chi connectivity index (χ2v) is 4.95. The first-order valence-electron chi connectivity index (χ1n) is 5.26. The highest BCUT2D eigenvalue weighted by Gasteiger charge is 2.30. The van der Waals surface area contributed by atoms with Gasteiger partial charge in [-0.3, -0.25) is 4.90 Å². The van der Waals surface area contributed by atoms with Crippen molar-refractivity contribution in [2.24, 2.45) is 0 Å². The minimum atomic E-state index is -2.32. The van der Waals surface area contributed by atoms with Crippen LogP contribution in [-0.2, 0) is 4.74 Å². The second kappa shape index (κ2) is 4.95. The number of rotatable bonds is 3. The van der Waals surface area contributed by atoms with Crippen molar-refractivity contribution < 1.29 is 18.3 Å². The standard InChI is InChI=1S/C10H18F2N2O2/c1-10(2,3)16-9(15)13-7-4-14(5-7)6-8(11)12/h7-8H,4-6H2,1-3H3,(H,13,15). The van der Waals surface area contributed by atoms with Crippen molar-refractivity contribution in [3.63, 3.8) is 0 Å². The number of amides is 1. The Bertz CT molecular complexity index is 248. The summed E-state index contributed by atoms with van der Waals surface area (Å²) in [6.07, 6.45) is -2.81. The number of likely N-dealkylation sites (tertiary alicyclic amines) is 1. The minimum Gasteiger partial charge on any atom is -0.444 e. The van der Waals surface area contributed by atoms with Gasteiger partial charge in [0.1, 0.15) is 5.60 Å². The van der Waals surface area contributed by atoms with Crippen molar-refractivity contribution in [3.8, 4) is 0 Å². The zero-order valence-corrected chi connectivity index (χ0v) is 9.80. The van der Waals surface area contributed by atoms with Gasteiger partial charge in [-0.25, -0.2) is 13.6 Å². The van der Waals surface area contributed by atoms with Gasteiger partial charge in [-0.2, -0.15) is 0 Å². The molecule has 16 heavy (non-hydrogen) atoms. The molecule has 4 nitrogen and oxygen atoms in total. The molecule has 1 fully saturated rings. The molecule has 1 amide bonds. The van der Waals surface area contributed by atoms with Crippen molar-refractivity contribution in [1.82, 2.24) is 10.2 Å². The monoisotopic (exact) mass is 236 g/mol. The molecule has 0 aromatic carbocycles. The van der Waals surface area contributed by atoms with Gasteiger partial charge in [-0.15, -0.1) is 0 Å². The summed E-state index contributed by atoms with van der Waals surface area (Å²) in [6.45, 7) is 6.02. The Kier molecular flexibility index (Phi) is 4.07. The Labute approximate surface area is 93.9 Å². The largest absolute Gasteiger partial charge is 0.444 e. The zero-order valence-electron chi connectivity index (χ0n) is 9.80. The molecule has 0 aromatic rings. The van der Waals surface area contributed by atoms with E-state index >= 15 is 0 Å². The Morgan fingerprint density at radius 3 is 2.50 bits per heavy atom. The van der Waals surface area contributed by atoms with Gasteiger partial charge >= 0.3 is 6.09 Å². The van der Waals surface area contributed by atoms with Crippen LogP contribution in [0.15, 0.2) is 0 Å². The summed E-state index contributed by atoms with van der Waals surface area (Å²) in [5.41, 5.74) is -0.531. The van der Waals surface area contributed by atoms with Crippen LogP contribution in [0.2, 0.25) is 0 Å². The number of carbonyl (C=O) groups is 1. The van der Waals surface area contributed by atoms with Crippen LogP contribution in [0.25, 0.3) is 0 Å². The van der Waals surface area contributed by atoms with Crippen LogP contribution in [-0.4, -0.2) is 48.7 Å². The van der Waals surface area contributed by atoms with Gasteiger partial charge in [-0.05, 0) is 20.8 Å². The van der Waals surface area contributed by atoms with E-state index in [4.69, 9.17) is 4.74 Å². The lowest BCUT2D eigenvalue weighted by atomic mass is 10.1. The summed E-state index contributed by atoms with van der Waals surface area (Å²) >= 11 is 0. The zero-order chi connectivity index (χ0) is 12.3. The number of carbonyl (C=O) groups excluding carboxylic acids is 1. The number of halogens is 2. The number of hydrogen-bond donors (Lipinski definition) is 1. The van der Waals surface area contributed by atoms with Crippen molar-refractivity contribution in [3.05, 3.63) is 0 Å². The molecule has 0 spiro atoms. The highest BCUT2D eigenvalue weighted by Crippen LogP contribution is 2.12. The van der Waals surface area contributed by atoms with E-state index in [9.17, 15) is 13.6 Å². The number of alkyl carbamates (subject to hydrolysis) is 1. The summed E-state index contributed by atoms with van der Waals surface area (Å²) < 4.78 is 29.0. The third-order valence-corrected chi connectivity index (χ3v) is 2.07. The van der Waals surface area contributed by atoms with Crippen LogP contribution in [0.4, 0.5) is 13.6 Å². The quantitative estimate of drug-likeness (QED) is 0.806. The molecule has 1 heterocycles. The molecule has 0 saturated carbocycles. The lowest BCUT2D eigenvalue weighted by Crippen LogP contribution is -2.60. The molecule has 94 valence electrons. The van der Waals surface area contributed by atoms with Crippen molar-refractivity contribution in [1.29, 1.82) is 0 Å². The van der Waals surface area contributed by atoms with Crippen LogP contribution < -0.4 is 5.32 Å². The molecule has 0 bridgehead atoms. The van der Waals surface area contributed by atoms with Crippen molar-refractivity contribution in [2.75, 3.05) is 19.6 Å². The highest BCUT2D eigenvalue weighted by molar-refractivity contribution is 5.68. The maximum absolute atomic E-state index is 12.0. The third kappa shape index (κ3) is 4.74. The van der Waals surface area contributed by atoms with E-state index in [1.54, 1.807) is 25.7 Å². The molecular weight excluding hydrogens is 218 g/mol. The average Bonchev–Trinajstić information content (AvgIpc) is 1.95. The van der Waals surface area contributed by atoms with Crippen LogP contribution in [0, 0.1) is 0 Å². The Balaban J connectivity index is 2.15. The first-order chi connectivity index (χ1) is 7.26. The molecule has 1 aliphatic rings. The lowest BCUT2D eigenvalue weighted by molar-refractivity contribution is 0.0232. The highest BCUT2D eigenvalue weighted by atomic mass is 19.3. The predicted molar refractivity (Wildman–Crippen MR) is 55.6 cm³/mol. The van der Waals surface area contributed by atoms with E-state index in [-0.39, 0.29) is 12.6 Å². The molecule has 1 rings (SSSR count). The fraction of sp³-hybridized carbons (Fsp3) is 0.900.